The molecule has 8 nitrogen and oxygen atoms in total. The van der Waals surface area contributed by atoms with Gasteiger partial charge in [-0.15, -0.1) is 0 Å². The van der Waals surface area contributed by atoms with E-state index in [0.29, 0.717) is 17.6 Å². The van der Waals surface area contributed by atoms with Crippen molar-refractivity contribution in [3.8, 4) is 28.4 Å². The van der Waals surface area contributed by atoms with Gasteiger partial charge in [-0.2, -0.15) is 10.1 Å². The molecule has 30 heavy (non-hydrogen) atoms. The molecule has 0 unspecified atom stereocenters. The standard InChI is InChI=1S/C22H22N6O2/c1-29-19-4-2-16(3-5-19)21-18(11-24-26-21)14-28-12-15(13-28)10-20-25-22(27-30-20)17-6-8-23-9-7-17/h2-9,11,15H,10,12-14H2,1H3,(H,24,26). The van der Waals surface area contributed by atoms with E-state index in [-0.39, 0.29) is 0 Å². The molecule has 1 aromatic carbocycles. The maximum Gasteiger partial charge on any atom is 0.227 e. The van der Waals surface area contributed by atoms with Crippen LogP contribution in [0.5, 0.6) is 5.75 Å². The summed E-state index contributed by atoms with van der Waals surface area (Å²) >= 11 is 0. The Morgan fingerprint density at radius 3 is 2.67 bits per heavy atom. The van der Waals surface area contributed by atoms with Crippen LogP contribution in [-0.4, -0.2) is 50.4 Å². The number of likely N-dealkylation sites (tertiary alicyclic amines) is 1. The summed E-state index contributed by atoms with van der Waals surface area (Å²) in [5, 5.41) is 11.5. The average molecular weight is 402 g/mol. The summed E-state index contributed by atoms with van der Waals surface area (Å²) < 4.78 is 10.7. The van der Waals surface area contributed by atoms with Gasteiger partial charge in [0.1, 0.15) is 5.75 Å². The summed E-state index contributed by atoms with van der Waals surface area (Å²) in [5.74, 6) is 2.67. The summed E-state index contributed by atoms with van der Waals surface area (Å²) in [6.07, 6.45) is 6.16. The van der Waals surface area contributed by atoms with E-state index in [1.54, 1.807) is 19.5 Å². The molecule has 0 aliphatic carbocycles. The number of rotatable bonds is 7. The van der Waals surface area contributed by atoms with E-state index in [1.807, 2.05) is 42.6 Å². The number of hydrogen-bond donors (Lipinski definition) is 1. The van der Waals surface area contributed by atoms with Crippen LogP contribution in [0.1, 0.15) is 11.5 Å². The monoisotopic (exact) mass is 402 g/mol. The van der Waals surface area contributed by atoms with Crippen LogP contribution < -0.4 is 4.74 Å². The zero-order chi connectivity index (χ0) is 20.3. The van der Waals surface area contributed by atoms with Gasteiger partial charge in [-0.3, -0.25) is 15.0 Å². The molecule has 0 radical (unpaired) electrons. The molecule has 152 valence electrons. The highest BCUT2D eigenvalue weighted by Gasteiger charge is 2.29. The number of H-pyrrole nitrogens is 1. The lowest BCUT2D eigenvalue weighted by molar-refractivity contribution is 0.0868. The quantitative estimate of drug-likeness (QED) is 0.507. The molecule has 1 fully saturated rings. The number of nitrogens with one attached hydrogen (secondary N) is 1. The normalized spacial score (nSPS) is 14.6. The van der Waals surface area contributed by atoms with Crippen LogP contribution in [0.3, 0.4) is 0 Å². The van der Waals surface area contributed by atoms with Crippen molar-refractivity contribution < 1.29 is 9.26 Å². The van der Waals surface area contributed by atoms with Crippen molar-refractivity contribution in [2.24, 2.45) is 5.92 Å². The van der Waals surface area contributed by atoms with E-state index in [0.717, 1.165) is 48.6 Å². The third-order valence-electron chi connectivity index (χ3n) is 5.39. The van der Waals surface area contributed by atoms with Gasteiger partial charge in [0.25, 0.3) is 0 Å². The largest absolute Gasteiger partial charge is 0.497 e. The molecule has 1 aliphatic rings. The Bertz CT molecular complexity index is 1100. The molecule has 0 amide bonds. The number of hydrogen-bond acceptors (Lipinski definition) is 7. The number of aromatic nitrogens is 5. The van der Waals surface area contributed by atoms with E-state index < -0.39 is 0 Å². The van der Waals surface area contributed by atoms with Crippen molar-refractivity contribution in [1.82, 2.24) is 30.2 Å². The van der Waals surface area contributed by atoms with Gasteiger partial charge in [0.15, 0.2) is 0 Å². The summed E-state index contributed by atoms with van der Waals surface area (Å²) in [6, 6.07) is 11.8. The van der Waals surface area contributed by atoms with Gasteiger partial charge in [0, 0.05) is 55.1 Å². The molecule has 8 heteroatoms. The van der Waals surface area contributed by atoms with Gasteiger partial charge in [-0.1, -0.05) is 5.16 Å². The topological polar surface area (TPSA) is 93.0 Å². The molecule has 0 atom stereocenters. The molecule has 1 saturated heterocycles. The van der Waals surface area contributed by atoms with E-state index in [4.69, 9.17) is 9.26 Å². The fourth-order valence-corrected chi connectivity index (χ4v) is 3.82. The second kappa shape index (κ2) is 8.08. The van der Waals surface area contributed by atoms with Crippen LogP contribution in [0.4, 0.5) is 0 Å². The fraction of sp³-hybridized carbons (Fsp3) is 0.273. The minimum Gasteiger partial charge on any atom is -0.497 e. The van der Waals surface area contributed by atoms with E-state index in [1.165, 1.54) is 5.56 Å². The van der Waals surface area contributed by atoms with Crippen LogP contribution in [0.15, 0.2) is 59.5 Å². The van der Waals surface area contributed by atoms with Crippen LogP contribution in [0.2, 0.25) is 0 Å². The molecular weight excluding hydrogens is 380 g/mol. The number of nitrogens with zero attached hydrogens (tertiary/aromatic N) is 5. The minimum atomic E-state index is 0.520. The Hall–Kier alpha value is -3.52. The number of pyridine rings is 1. The summed E-state index contributed by atoms with van der Waals surface area (Å²) in [5.41, 5.74) is 4.27. The second-order valence-electron chi connectivity index (χ2n) is 7.51. The van der Waals surface area contributed by atoms with Crippen LogP contribution in [-0.2, 0) is 13.0 Å². The molecule has 0 saturated carbocycles. The van der Waals surface area contributed by atoms with Crippen molar-refractivity contribution in [3.05, 3.63) is 66.4 Å². The number of ether oxygens (including phenoxy) is 1. The van der Waals surface area contributed by atoms with Gasteiger partial charge in [-0.05, 0) is 42.3 Å². The molecule has 3 aromatic heterocycles. The van der Waals surface area contributed by atoms with Crippen LogP contribution in [0.25, 0.3) is 22.6 Å². The van der Waals surface area contributed by atoms with Crippen LogP contribution in [0, 0.1) is 5.92 Å². The highest BCUT2D eigenvalue weighted by Crippen LogP contribution is 2.28. The maximum atomic E-state index is 5.44. The predicted octanol–water partition coefficient (Wildman–Crippen LogP) is 3.20. The average Bonchev–Trinajstić information content (AvgIpc) is 3.42. The van der Waals surface area contributed by atoms with Gasteiger partial charge < -0.3 is 9.26 Å². The third-order valence-corrected chi connectivity index (χ3v) is 5.39. The molecule has 5 rings (SSSR count). The Morgan fingerprint density at radius 1 is 1.10 bits per heavy atom. The third kappa shape index (κ3) is 3.81. The maximum absolute atomic E-state index is 5.44. The first-order valence-corrected chi connectivity index (χ1v) is 9.90. The molecule has 1 N–H and O–H groups in total. The highest BCUT2D eigenvalue weighted by atomic mass is 16.5. The Labute approximate surface area is 173 Å². The highest BCUT2D eigenvalue weighted by molar-refractivity contribution is 5.63. The van der Waals surface area contributed by atoms with Crippen molar-refractivity contribution in [3.63, 3.8) is 0 Å². The van der Waals surface area contributed by atoms with E-state index in [2.05, 4.69) is 30.2 Å². The molecule has 1 aliphatic heterocycles. The fourth-order valence-electron chi connectivity index (χ4n) is 3.82. The zero-order valence-electron chi connectivity index (χ0n) is 16.7. The number of methoxy groups -OCH3 is 1. The SMILES string of the molecule is COc1ccc(-c2[nH]ncc2CN2CC(Cc3nc(-c4ccncc4)no3)C2)cc1. The van der Waals surface area contributed by atoms with Gasteiger partial charge in [0.2, 0.25) is 11.7 Å². The number of benzene rings is 1. The first-order valence-electron chi connectivity index (χ1n) is 9.90. The lowest BCUT2D eigenvalue weighted by atomic mass is 9.95. The zero-order valence-corrected chi connectivity index (χ0v) is 16.7. The number of aromatic amines is 1. The molecule has 0 spiro atoms. The smallest absolute Gasteiger partial charge is 0.227 e. The van der Waals surface area contributed by atoms with Crippen molar-refractivity contribution in [1.29, 1.82) is 0 Å². The summed E-state index contributed by atoms with van der Waals surface area (Å²) in [7, 11) is 1.67. The molecule has 0 bridgehead atoms. The molecule has 4 aromatic rings. The first kappa shape index (κ1) is 18.5. The second-order valence-corrected chi connectivity index (χ2v) is 7.51. The Morgan fingerprint density at radius 2 is 1.90 bits per heavy atom. The predicted molar refractivity (Wildman–Crippen MR) is 111 cm³/mol. The first-order chi connectivity index (χ1) is 14.8. The van der Waals surface area contributed by atoms with Crippen LogP contribution >= 0.6 is 0 Å². The summed E-state index contributed by atoms with van der Waals surface area (Å²) in [4.78, 5) is 10.9. The van der Waals surface area contributed by atoms with Crippen molar-refractivity contribution >= 4 is 0 Å². The summed E-state index contributed by atoms with van der Waals surface area (Å²) in [6.45, 7) is 2.86. The van der Waals surface area contributed by atoms with Gasteiger partial charge in [0.05, 0.1) is 19.0 Å². The lowest BCUT2D eigenvalue weighted by Gasteiger charge is -2.38. The van der Waals surface area contributed by atoms with Crippen molar-refractivity contribution in [2.75, 3.05) is 20.2 Å². The molecular formula is C22H22N6O2. The molecule has 4 heterocycles. The van der Waals surface area contributed by atoms with Crippen molar-refractivity contribution in [2.45, 2.75) is 13.0 Å². The Kier molecular flexibility index (Phi) is 4.98. The van der Waals surface area contributed by atoms with E-state index >= 15 is 0 Å². The Balaban J connectivity index is 1.17. The van der Waals surface area contributed by atoms with E-state index in [9.17, 15) is 0 Å². The van der Waals surface area contributed by atoms with Gasteiger partial charge in [-0.25, -0.2) is 0 Å². The lowest BCUT2D eigenvalue weighted by Crippen LogP contribution is -2.46. The minimum absolute atomic E-state index is 0.520. The van der Waals surface area contributed by atoms with Gasteiger partial charge >= 0.3 is 0 Å².